The number of aromatic nitrogens is 2. The number of piperidine rings is 1. The van der Waals surface area contributed by atoms with Crippen molar-refractivity contribution in [2.45, 2.75) is 64.1 Å². The first kappa shape index (κ1) is 22.5. The van der Waals surface area contributed by atoms with Gasteiger partial charge in [-0.2, -0.15) is 0 Å². The summed E-state index contributed by atoms with van der Waals surface area (Å²) >= 11 is 0. The fourth-order valence-corrected chi connectivity index (χ4v) is 4.89. The number of anilines is 1. The first-order valence-electron chi connectivity index (χ1n) is 12.0. The summed E-state index contributed by atoms with van der Waals surface area (Å²) < 4.78 is 8.90. The number of fused-ring (bicyclic) bond motifs is 1. The van der Waals surface area contributed by atoms with E-state index in [2.05, 4.69) is 10.2 Å². The molecule has 3 heterocycles. The number of piperazine rings is 1. The monoisotopic (exact) mass is 469 g/mol. The molecule has 2 aliphatic heterocycles. The Balaban J connectivity index is 1.48. The smallest absolute Gasteiger partial charge is 0.410 e. The van der Waals surface area contributed by atoms with Crippen LogP contribution in [0, 0.1) is 0 Å². The van der Waals surface area contributed by atoms with Crippen molar-refractivity contribution in [3.63, 3.8) is 0 Å². The van der Waals surface area contributed by atoms with Crippen LogP contribution < -0.4 is 15.9 Å². The summed E-state index contributed by atoms with van der Waals surface area (Å²) in [7, 11) is 0. The lowest BCUT2D eigenvalue weighted by molar-refractivity contribution is -0.135. The Hall–Kier alpha value is -3.30. The molecule has 10 heteroatoms. The van der Waals surface area contributed by atoms with Gasteiger partial charge in [0.2, 0.25) is 11.8 Å². The number of nitrogens with zero attached hydrogens (tertiary/aromatic N) is 4. The van der Waals surface area contributed by atoms with Gasteiger partial charge < -0.3 is 14.5 Å². The van der Waals surface area contributed by atoms with Gasteiger partial charge in [-0.05, 0) is 52.2 Å². The molecule has 2 saturated heterocycles. The molecule has 3 fully saturated rings. The summed E-state index contributed by atoms with van der Waals surface area (Å²) in [5, 5.41) is 2.38. The molecule has 1 unspecified atom stereocenters. The Morgan fingerprint density at radius 2 is 1.71 bits per heavy atom. The van der Waals surface area contributed by atoms with E-state index in [1.54, 1.807) is 9.47 Å². The van der Waals surface area contributed by atoms with Gasteiger partial charge in [-0.1, -0.05) is 6.07 Å². The standard InChI is InChI=1S/C24H31N5O5/c1-24(2,3)34-23(33)27-13-11-26(12-14-27)16-5-4-6-17-20(16)28(15-7-8-15)22(32)29(17)18-9-10-19(30)25-21(18)31/h4-6,15,18H,7-14H2,1-3H3,(H,25,30,31). The van der Waals surface area contributed by atoms with Crippen LogP contribution >= 0.6 is 0 Å². The molecule has 5 rings (SSSR count). The van der Waals surface area contributed by atoms with E-state index in [9.17, 15) is 19.2 Å². The molecular weight excluding hydrogens is 438 g/mol. The molecular formula is C24H31N5O5. The SMILES string of the molecule is CC(C)(C)OC(=O)N1CCN(c2cccc3c2n(C2CC2)c(=O)n3C2CCC(=O)NC2=O)CC1. The average molecular weight is 470 g/mol. The van der Waals surface area contributed by atoms with Gasteiger partial charge >= 0.3 is 11.8 Å². The fourth-order valence-electron chi connectivity index (χ4n) is 4.89. The highest BCUT2D eigenvalue weighted by molar-refractivity contribution is 6.00. The minimum absolute atomic E-state index is 0.119. The molecule has 1 saturated carbocycles. The van der Waals surface area contributed by atoms with E-state index in [0.717, 1.165) is 24.0 Å². The lowest BCUT2D eigenvalue weighted by atomic mass is 10.1. The molecule has 2 aromatic rings. The van der Waals surface area contributed by atoms with Crippen molar-refractivity contribution in [1.29, 1.82) is 0 Å². The third kappa shape index (κ3) is 4.05. The highest BCUT2D eigenvalue weighted by atomic mass is 16.6. The van der Waals surface area contributed by atoms with E-state index in [4.69, 9.17) is 4.74 Å². The zero-order chi connectivity index (χ0) is 24.2. The predicted molar refractivity (Wildman–Crippen MR) is 126 cm³/mol. The van der Waals surface area contributed by atoms with Crippen molar-refractivity contribution in [3.8, 4) is 0 Å². The van der Waals surface area contributed by atoms with E-state index in [1.807, 2.05) is 43.5 Å². The van der Waals surface area contributed by atoms with E-state index in [1.165, 1.54) is 0 Å². The Bertz CT molecular complexity index is 1210. The number of rotatable bonds is 3. The van der Waals surface area contributed by atoms with Crippen LogP contribution in [0.2, 0.25) is 0 Å². The number of ether oxygens (including phenoxy) is 1. The second-order valence-electron chi connectivity index (χ2n) is 10.3. The zero-order valence-electron chi connectivity index (χ0n) is 19.9. The lowest BCUT2D eigenvalue weighted by Gasteiger charge is -2.37. The minimum Gasteiger partial charge on any atom is -0.444 e. The Labute approximate surface area is 197 Å². The quantitative estimate of drug-likeness (QED) is 0.691. The van der Waals surface area contributed by atoms with Crippen molar-refractivity contribution in [3.05, 3.63) is 28.7 Å². The first-order chi connectivity index (χ1) is 16.1. The topological polar surface area (TPSA) is 106 Å². The molecule has 0 bridgehead atoms. The number of imide groups is 1. The van der Waals surface area contributed by atoms with Crippen LogP contribution in [-0.4, -0.2) is 63.7 Å². The predicted octanol–water partition coefficient (Wildman–Crippen LogP) is 2.17. The highest BCUT2D eigenvalue weighted by Gasteiger charge is 2.36. The third-order valence-corrected chi connectivity index (χ3v) is 6.61. The van der Waals surface area contributed by atoms with Crippen LogP contribution in [0.1, 0.15) is 58.5 Å². The summed E-state index contributed by atoms with van der Waals surface area (Å²) in [6.45, 7) is 7.83. The number of para-hydroxylation sites is 1. The lowest BCUT2D eigenvalue weighted by Crippen LogP contribution is -2.50. The van der Waals surface area contributed by atoms with E-state index in [-0.39, 0.29) is 30.2 Å². The van der Waals surface area contributed by atoms with Gasteiger partial charge in [-0.3, -0.25) is 24.0 Å². The maximum atomic E-state index is 13.6. The third-order valence-electron chi connectivity index (χ3n) is 6.61. The van der Waals surface area contributed by atoms with Crippen molar-refractivity contribution >= 4 is 34.6 Å². The van der Waals surface area contributed by atoms with Crippen LogP contribution in [0.3, 0.4) is 0 Å². The number of imidazole rings is 1. The number of benzene rings is 1. The summed E-state index contributed by atoms with van der Waals surface area (Å²) in [5.74, 6) is -0.728. The van der Waals surface area contributed by atoms with Gasteiger partial charge in [-0.15, -0.1) is 0 Å². The highest BCUT2D eigenvalue weighted by Crippen LogP contribution is 2.40. The van der Waals surface area contributed by atoms with E-state index in [0.29, 0.717) is 38.1 Å². The second-order valence-corrected chi connectivity index (χ2v) is 10.3. The molecule has 3 amide bonds. The van der Waals surface area contributed by atoms with Crippen LogP contribution in [0.15, 0.2) is 23.0 Å². The minimum atomic E-state index is -0.702. The van der Waals surface area contributed by atoms with Crippen molar-refractivity contribution in [1.82, 2.24) is 19.4 Å². The zero-order valence-corrected chi connectivity index (χ0v) is 19.9. The maximum absolute atomic E-state index is 13.6. The number of nitrogens with one attached hydrogen (secondary N) is 1. The molecule has 0 spiro atoms. The molecule has 1 aromatic heterocycles. The van der Waals surface area contributed by atoms with Crippen molar-refractivity contribution in [2.24, 2.45) is 0 Å². The molecule has 10 nitrogen and oxygen atoms in total. The van der Waals surface area contributed by atoms with Crippen molar-refractivity contribution < 1.29 is 19.1 Å². The summed E-state index contributed by atoms with van der Waals surface area (Å²) in [6.07, 6.45) is 2.06. The summed E-state index contributed by atoms with van der Waals surface area (Å²) in [5.41, 5.74) is 1.71. The number of amides is 3. The first-order valence-corrected chi connectivity index (χ1v) is 12.0. The molecule has 1 N–H and O–H groups in total. The number of carbonyl (C=O) groups excluding carboxylic acids is 3. The molecule has 1 atom stereocenters. The average Bonchev–Trinajstić information content (AvgIpc) is 3.56. The second kappa shape index (κ2) is 8.18. The molecule has 1 aromatic carbocycles. The summed E-state index contributed by atoms with van der Waals surface area (Å²) in [4.78, 5) is 54.2. The number of carbonyl (C=O) groups is 3. The summed E-state index contributed by atoms with van der Waals surface area (Å²) in [6, 6.07) is 5.19. The molecule has 34 heavy (non-hydrogen) atoms. The molecule has 1 aliphatic carbocycles. The Kier molecular flexibility index (Phi) is 5.41. The van der Waals surface area contributed by atoms with E-state index >= 15 is 0 Å². The Morgan fingerprint density at radius 1 is 1.00 bits per heavy atom. The largest absolute Gasteiger partial charge is 0.444 e. The van der Waals surface area contributed by atoms with Gasteiger partial charge in [0.1, 0.15) is 11.6 Å². The fraction of sp³-hybridized carbons (Fsp3) is 0.583. The van der Waals surface area contributed by atoms with Crippen LogP contribution in [-0.2, 0) is 14.3 Å². The number of hydrogen-bond donors (Lipinski definition) is 1. The normalized spacial score (nSPS) is 21.7. The van der Waals surface area contributed by atoms with Crippen LogP contribution in [0.4, 0.5) is 10.5 Å². The van der Waals surface area contributed by atoms with E-state index < -0.39 is 17.6 Å². The van der Waals surface area contributed by atoms with Gasteiger partial charge in [0.25, 0.3) is 0 Å². The maximum Gasteiger partial charge on any atom is 0.410 e. The van der Waals surface area contributed by atoms with Crippen LogP contribution in [0.25, 0.3) is 11.0 Å². The molecule has 182 valence electrons. The van der Waals surface area contributed by atoms with Gasteiger partial charge in [-0.25, -0.2) is 9.59 Å². The van der Waals surface area contributed by atoms with Crippen molar-refractivity contribution in [2.75, 3.05) is 31.1 Å². The van der Waals surface area contributed by atoms with Crippen LogP contribution in [0.5, 0.6) is 0 Å². The van der Waals surface area contributed by atoms with Gasteiger partial charge in [0.05, 0.1) is 16.7 Å². The Morgan fingerprint density at radius 3 is 2.32 bits per heavy atom. The molecule has 3 aliphatic rings. The van der Waals surface area contributed by atoms with Gasteiger partial charge in [0.15, 0.2) is 0 Å². The van der Waals surface area contributed by atoms with Gasteiger partial charge in [0, 0.05) is 38.6 Å². The number of hydrogen-bond acceptors (Lipinski definition) is 6. The molecule has 0 radical (unpaired) electrons.